The third-order valence-electron chi connectivity index (χ3n) is 6.76. The Labute approximate surface area is 240 Å². The number of rotatable bonds is 7. The fourth-order valence-corrected chi connectivity index (χ4v) is 4.73. The minimum absolute atomic E-state index is 0.0116. The zero-order valence-corrected chi connectivity index (χ0v) is 22.8. The molecule has 0 saturated heterocycles. The van der Waals surface area contributed by atoms with Gasteiger partial charge in [-0.05, 0) is 37.6 Å². The van der Waals surface area contributed by atoms with Gasteiger partial charge in [0, 0.05) is 34.6 Å². The average Bonchev–Trinajstić information content (AvgIpc) is 3.33. The molecule has 10 nitrogen and oxygen atoms in total. The molecule has 0 fully saturated rings. The highest BCUT2D eigenvalue weighted by molar-refractivity contribution is 6.20. The molecule has 210 valence electrons. The standard InChI is InChI=1S/C31H26FN7O3/c1-3-20-14-13-19(17-33-20)26-28(39-23(34-26)15-16-24(38-39)42-4-2)30(40)37-29-31(41)36-27-21(11-8-12-22(27)32)25(35-29)18-9-6-5-7-10-18/h5-17,29H,3-4H2,1-2H3,(H,36,41)(H,37,40)/t29-/m1/s1. The molecule has 0 unspecified atom stereocenters. The van der Waals surface area contributed by atoms with Crippen molar-refractivity contribution in [3.8, 4) is 17.1 Å². The number of carbonyl (C=O) groups excluding carboxylic acids is 2. The minimum Gasteiger partial charge on any atom is -0.477 e. The molecule has 0 radical (unpaired) electrons. The number of amides is 2. The summed E-state index contributed by atoms with van der Waals surface area (Å²) in [5, 5.41) is 9.79. The number of benzene rings is 2. The number of hydrogen-bond acceptors (Lipinski definition) is 7. The lowest BCUT2D eigenvalue weighted by Gasteiger charge is -2.14. The Bertz CT molecular complexity index is 1840. The second-order valence-electron chi connectivity index (χ2n) is 9.45. The molecular formula is C31H26FN7O3. The summed E-state index contributed by atoms with van der Waals surface area (Å²) in [6.45, 7) is 4.20. The molecule has 2 aromatic carbocycles. The van der Waals surface area contributed by atoms with Crippen LogP contribution in [0.1, 0.15) is 41.2 Å². The number of nitrogens with zero attached hydrogens (tertiary/aromatic N) is 5. The summed E-state index contributed by atoms with van der Waals surface area (Å²) in [5.41, 5.74) is 3.64. The van der Waals surface area contributed by atoms with Crippen molar-refractivity contribution in [3.63, 3.8) is 0 Å². The number of benzodiazepines with no additional fused rings is 1. The first-order valence-electron chi connectivity index (χ1n) is 13.5. The van der Waals surface area contributed by atoms with Crippen molar-refractivity contribution in [2.45, 2.75) is 26.4 Å². The minimum atomic E-state index is -1.39. The van der Waals surface area contributed by atoms with Gasteiger partial charge in [0.05, 0.1) is 18.0 Å². The van der Waals surface area contributed by atoms with Gasteiger partial charge in [-0.15, -0.1) is 5.10 Å². The summed E-state index contributed by atoms with van der Waals surface area (Å²) >= 11 is 0. The number of nitrogens with one attached hydrogen (secondary N) is 2. The zero-order chi connectivity index (χ0) is 29.2. The number of aromatic nitrogens is 4. The van der Waals surface area contributed by atoms with E-state index in [4.69, 9.17) is 4.74 Å². The highest BCUT2D eigenvalue weighted by Crippen LogP contribution is 2.28. The fourth-order valence-electron chi connectivity index (χ4n) is 4.73. The first-order valence-corrected chi connectivity index (χ1v) is 13.5. The number of pyridine rings is 1. The topological polar surface area (TPSA) is 123 Å². The number of aliphatic imine (C=N–C) groups is 1. The van der Waals surface area contributed by atoms with E-state index in [1.807, 2.05) is 44.2 Å². The van der Waals surface area contributed by atoms with Gasteiger partial charge in [-0.25, -0.2) is 18.9 Å². The number of anilines is 1. The van der Waals surface area contributed by atoms with Crippen molar-refractivity contribution in [2.24, 2.45) is 4.99 Å². The second-order valence-corrected chi connectivity index (χ2v) is 9.45. The summed E-state index contributed by atoms with van der Waals surface area (Å²) in [6, 6.07) is 20.6. The van der Waals surface area contributed by atoms with Crippen LogP contribution < -0.4 is 15.4 Å². The number of aryl methyl sites for hydroxylation is 1. The van der Waals surface area contributed by atoms with E-state index < -0.39 is 23.8 Å². The molecule has 1 atom stereocenters. The Morgan fingerprint density at radius 1 is 1.02 bits per heavy atom. The molecule has 1 aliphatic heterocycles. The number of ether oxygens (including phenoxy) is 1. The van der Waals surface area contributed by atoms with Crippen molar-refractivity contribution in [1.82, 2.24) is 24.9 Å². The van der Waals surface area contributed by atoms with Crippen molar-refractivity contribution in [1.29, 1.82) is 0 Å². The number of fused-ring (bicyclic) bond motifs is 2. The smallest absolute Gasteiger partial charge is 0.274 e. The number of halogens is 1. The lowest BCUT2D eigenvalue weighted by atomic mass is 10.0. The van der Waals surface area contributed by atoms with Crippen LogP contribution in [0.2, 0.25) is 0 Å². The number of carbonyl (C=O) groups is 2. The largest absolute Gasteiger partial charge is 0.477 e. The molecule has 3 aromatic heterocycles. The fraction of sp³-hybridized carbons (Fsp3) is 0.161. The molecule has 0 aliphatic carbocycles. The number of para-hydroxylation sites is 1. The molecule has 0 saturated carbocycles. The van der Waals surface area contributed by atoms with E-state index in [9.17, 15) is 14.0 Å². The molecule has 0 spiro atoms. The summed E-state index contributed by atoms with van der Waals surface area (Å²) in [5.74, 6) is -1.69. The van der Waals surface area contributed by atoms with Crippen LogP contribution in [-0.2, 0) is 11.2 Å². The molecule has 2 N–H and O–H groups in total. The van der Waals surface area contributed by atoms with Gasteiger partial charge in [-0.1, -0.05) is 49.4 Å². The number of hydrogen-bond donors (Lipinski definition) is 2. The SMILES string of the molecule is CCOc1ccc2nc(-c3ccc(CC)nc3)c(C(=O)N[C@H]3N=C(c4ccccc4)c4cccc(F)c4NC3=O)n2n1. The van der Waals surface area contributed by atoms with Gasteiger partial charge in [0.2, 0.25) is 12.0 Å². The van der Waals surface area contributed by atoms with E-state index in [1.165, 1.54) is 10.6 Å². The van der Waals surface area contributed by atoms with E-state index >= 15 is 0 Å². The van der Waals surface area contributed by atoms with Gasteiger partial charge < -0.3 is 15.4 Å². The van der Waals surface area contributed by atoms with Gasteiger partial charge in [-0.3, -0.25) is 14.6 Å². The molecular weight excluding hydrogens is 537 g/mol. The molecule has 6 rings (SSSR count). The molecule has 2 amide bonds. The van der Waals surface area contributed by atoms with E-state index in [0.29, 0.717) is 46.2 Å². The molecule has 42 heavy (non-hydrogen) atoms. The summed E-state index contributed by atoms with van der Waals surface area (Å²) < 4.78 is 21.8. The normalized spacial score (nSPS) is 14.5. The lowest BCUT2D eigenvalue weighted by Crippen LogP contribution is -2.43. The Hall–Kier alpha value is -5.45. The van der Waals surface area contributed by atoms with Crippen LogP contribution in [0.4, 0.5) is 10.1 Å². The van der Waals surface area contributed by atoms with Crippen molar-refractivity contribution >= 4 is 28.9 Å². The molecule has 1 aliphatic rings. The first kappa shape index (κ1) is 26.8. The predicted molar refractivity (Wildman–Crippen MR) is 155 cm³/mol. The second kappa shape index (κ2) is 11.2. The van der Waals surface area contributed by atoms with E-state index in [0.717, 1.165) is 12.1 Å². The van der Waals surface area contributed by atoms with Gasteiger partial charge in [0.25, 0.3) is 11.8 Å². The van der Waals surface area contributed by atoms with Crippen molar-refractivity contribution < 1.29 is 18.7 Å². The van der Waals surface area contributed by atoms with Crippen LogP contribution in [0.5, 0.6) is 5.88 Å². The third kappa shape index (κ3) is 4.96. The predicted octanol–water partition coefficient (Wildman–Crippen LogP) is 4.44. The molecule has 5 aromatic rings. The maximum atomic E-state index is 14.9. The van der Waals surface area contributed by atoms with Crippen LogP contribution in [0.15, 0.2) is 84.0 Å². The highest BCUT2D eigenvalue weighted by atomic mass is 19.1. The van der Waals surface area contributed by atoms with Gasteiger partial charge in [0.1, 0.15) is 11.5 Å². The average molecular weight is 564 g/mol. The molecule has 11 heteroatoms. The Balaban J connectivity index is 1.46. The highest BCUT2D eigenvalue weighted by Gasteiger charge is 2.31. The van der Waals surface area contributed by atoms with Gasteiger partial charge >= 0.3 is 0 Å². The molecule has 4 heterocycles. The maximum absolute atomic E-state index is 14.9. The summed E-state index contributed by atoms with van der Waals surface area (Å²) in [6.07, 6.45) is 0.998. The number of imidazole rings is 1. The van der Waals surface area contributed by atoms with E-state index in [2.05, 4.69) is 30.7 Å². The van der Waals surface area contributed by atoms with Crippen molar-refractivity contribution in [3.05, 3.63) is 107 Å². The van der Waals surface area contributed by atoms with E-state index in [1.54, 1.807) is 42.6 Å². The van der Waals surface area contributed by atoms with E-state index in [-0.39, 0.29) is 11.4 Å². The van der Waals surface area contributed by atoms with Crippen LogP contribution in [-0.4, -0.2) is 49.9 Å². The summed E-state index contributed by atoms with van der Waals surface area (Å²) in [4.78, 5) is 41.1. The Kier molecular flexibility index (Phi) is 7.14. The van der Waals surface area contributed by atoms with Crippen LogP contribution in [0.3, 0.4) is 0 Å². The monoisotopic (exact) mass is 563 g/mol. The maximum Gasteiger partial charge on any atom is 0.274 e. The van der Waals surface area contributed by atoms with Crippen LogP contribution in [0, 0.1) is 5.82 Å². The zero-order valence-electron chi connectivity index (χ0n) is 22.8. The lowest BCUT2D eigenvalue weighted by molar-refractivity contribution is -0.117. The Morgan fingerprint density at radius 3 is 2.60 bits per heavy atom. The van der Waals surface area contributed by atoms with Crippen LogP contribution >= 0.6 is 0 Å². The van der Waals surface area contributed by atoms with Crippen molar-refractivity contribution in [2.75, 3.05) is 11.9 Å². The summed E-state index contributed by atoms with van der Waals surface area (Å²) in [7, 11) is 0. The third-order valence-corrected chi connectivity index (χ3v) is 6.76. The van der Waals surface area contributed by atoms with Gasteiger partial charge in [0.15, 0.2) is 11.3 Å². The first-order chi connectivity index (χ1) is 20.5. The Morgan fingerprint density at radius 2 is 1.86 bits per heavy atom. The van der Waals surface area contributed by atoms with Gasteiger partial charge in [-0.2, -0.15) is 0 Å². The quantitative estimate of drug-likeness (QED) is 0.302. The molecule has 0 bridgehead atoms. The van der Waals surface area contributed by atoms with Crippen LogP contribution in [0.25, 0.3) is 16.9 Å².